The van der Waals surface area contributed by atoms with Gasteiger partial charge in [0.1, 0.15) is 0 Å². The highest BCUT2D eigenvalue weighted by Crippen LogP contribution is 2.30. The summed E-state index contributed by atoms with van der Waals surface area (Å²) >= 11 is 0. The van der Waals surface area contributed by atoms with Gasteiger partial charge in [-0.3, -0.25) is 4.79 Å². The zero-order chi connectivity index (χ0) is 14.8. The van der Waals surface area contributed by atoms with Crippen LogP contribution in [0.2, 0.25) is 0 Å². The van der Waals surface area contributed by atoms with Gasteiger partial charge >= 0.3 is 0 Å². The third-order valence-electron chi connectivity index (χ3n) is 3.87. The van der Waals surface area contributed by atoms with E-state index in [-0.39, 0.29) is 16.3 Å². The van der Waals surface area contributed by atoms with Gasteiger partial charge in [0.25, 0.3) is 10.0 Å². The minimum Gasteiger partial charge on any atom is -0.440 e. The highest BCUT2D eigenvalue weighted by atomic mass is 32.2. The molecule has 0 radical (unpaired) electrons. The SMILES string of the molecule is CN1CCC(C)(CNS(=O)(=O)c2ccc(C=O)o2)CC1. The number of carbonyl (C=O) groups is 1. The lowest BCUT2D eigenvalue weighted by Gasteiger charge is -2.37. The van der Waals surface area contributed by atoms with Gasteiger partial charge in [-0.2, -0.15) is 0 Å². The second-order valence-corrected chi connectivity index (χ2v) is 7.41. The van der Waals surface area contributed by atoms with E-state index >= 15 is 0 Å². The van der Waals surface area contributed by atoms with Gasteiger partial charge in [0, 0.05) is 6.54 Å². The molecule has 1 aliphatic rings. The van der Waals surface area contributed by atoms with Gasteiger partial charge in [0.15, 0.2) is 12.0 Å². The number of hydrogen-bond acceptors (Lipinski definition) is 5. The van der Waals surface area contributed by atoms with Crippen LogP contribution >= 0.6 is 0 Å². The maximum absolute atomic E-state index is 12.1. The highest BCUT2D eigenvalue weighted by molar-refractivity contribution is 7.89. The topological polar surface area (TPSA) is 79.6 Å². The van der Waals surface area contributed by atoms with Crippen LogP contribution in [0.4, 0.5) is 0 Å². The summed E-state index contributed by atoms with van der Waals surface area (Å²) in [7, 11) is -1.63. The fourth-order valence-corrected chi connectivity index (χ4v) is 3.35. The molecular weight excluding hydrogens is 280 g/mol. The van der Waals surface area contributed by atoms with Gasteiger partial charge in [0.05, 0.1) is 0 Å². The minimum absolute atomic E-state index is 0.0101. The van der Waals surface area contributed by atoms with Crippen molar-refractivity contribution in [1.29, 1.82) is 0 Å². The van der Waals surface area contributed by atoms with E-state index in [0.29, 0.717) is 12.8 Å². The molecule has 6 nitrogen and oxygen atoms in total. The first-order valence-corrected chi connectivity index (χ1v) is 8.06. The predicted octanol–water partition coefficient (Wildman–Crippen LogP) is 1.10. The Hall–Kier alpha value is -1.18. The maximum Gasteiger partial charge on any atom is 0.273 e. The molecule has 0 amide bonds. The molecular formula is C13H20N2O4S. The Morgan fingerprint density at radius 2 is 2.05 bits per heavy atom. The Kier molecular flexibility index (Phi) is 4.31. The van der Waals surface area contributed by atoms with E-state index in [4.69, 9.17) is 4.42 Å². The fraction of sp³-hybridized carbons (Fsp3) is 0.615. The molecule has 1 aromatic rings. The Labute approximate surface area is 119 Å². The van der Waals surface area contributed by atoms with Crippen molar-refractivity contribution >= 4 is 16.3 Å². The van der Waals surface area contributed by atoms with Crippen molar-refractivity contribution < 1.29 is 17.6 Å². The summed E-state index contributed by atoms with van der Waals surface area (Å²) in [6.45, 7) is 4.39. The van der Waals surface area contributed by atoms with E-state index < -0.39 is 10.0 Å². The average molecular weight is 300 g/mol. The molecule has 1 fully saturated rings. The number of hydrogen-bond donors (Lipinski definition) is 1. The monoisotopic (exact) mass is 300 g/mol. The molecule has 1 aliphatic heterocycles. The highest BCUT2D eigenvalue weighted by Gasteiger charge is 2.31. The second kappa shape index (κ2) is 5.67. The smallest absolute Gasteiger partial charge is 0.273 e. The van der Waals surface area contributed by atoms with Crippen LogP contribution in [-0.2, 0) is 10.0 Å². The largest absolute Gasteiger partial charge is 0.440 e. The van der Waals surface area contributed by atoms with Crippen molar-refractivity contribution in [3.63, 3.8) is 0 Å². The normalized spacial score (nSPS) is 19.9. The third kappa shape index (κ3) is 3.47. The summed E-state index contributed by atoms with van der Waals surface area (Å²) in [5.74, 6) is 0.0101. The molecule has 0 saturated carbocycles. The van der Waals surface area contributed by atoms with Gasteiger partial charge < -0.3 is 9.32 Å². The zero-order valence-electron chi connectivity index (χ0n) is 11.8. The number of piperidine rings is 1. The molecule has 7 heteroatoms. The lowest BCUT2D eigenvalue weighted by atomic mass is 9.81. The predicted molar refractivity (Wildman–Crippen MR) is 74.1 cm³/mol. The number of sulfonamides is 1. The first kappa shape index (κ1) is 15.2. The van der Waals surface area contributed by atoms with Crippen LogP contribution in [-0.4, -0.2) is 46.3 Å². The molecule has 0 spiro atoms. The number of carbonyl (C=O) groups excluding carboxylic acids is 1. The number of likely N-dealkylation sites (tertiary alicyclic amines) is 1. The Balaban J connectivity index is 2.00. The summed E-state index contributed by atoms with van der Waals surface area (Å²) in [6.07, 6.45) is 2.38. The molecule has 0 atom stereocenters. The standard InChI is InChI=1S/C13H20N2O4S/c1-13(5-7-15(2)8-6-13)10-14-20(17,18)12-4-3-11(9-16)19-12/h3-4,9,14H,5-8,10H2,1-2H3. The van der Waals surface area contributed by atoms with Gasteiger partial charge in [-0.15, -0.1) is 0 Å². The molecule has 0 aliphatic carbocycles. The molecule has 20 heavy (non-hydrogen) atoms. The van der Waals surface area contributed by atoms with Crippen LogP contribution in [0.3, 0.4) is 0 Å². The molecule has 0 unspecified atom stereocenters. The van der Waals surface area contributed by atoms with Crippen LogP contribution in [0.5, 0.6) is 0 Å². The molecule has 112 valence electrons. The quantitative estimate of drug-likeness (QED) is 0.824. The number of nitrogens with zero attached hydrogens (tertiary/aromatic N) is 1. The van der Waals surface area contributed by atoms with Crippen molar-refractivity contribution in [3.05, 3.63) is 17.9 Å². The fourth-order valence-electron chi connectivity index (χ4n) is 2.22. The molecule has 2 heterocycles. The molecule has 0 aromatic carbocycles. The van der Waals surface area contributed by atoms with Gasteiger partial charge in [-0.1, -0.05) is 6.92 Å². The summed E-state index contributed by atoms with van der Waals surface area (Å²) in [5.41, 5.74) is -0.0420. The van der Waals surface area contributed by atoms with E-state index in [1.807, 2.05) is 0 Å². The Bertz CT molecular complexity index is 571. The number of aldehydes is 1. The van der Waals surface area contributed by atoms with Crippen molar-refractivity contribution in [2.75, 3.05) is 26.7 Å². The van der Waals surface area contributed by atoms with E-state index in [1.165, 1.54) is 12.1 Å². The first-order valence-electron chi connectivity index (χ1n) is 6.58. The first-order chi connectivity index (χ1) is 9.35. The lowest BCUT2D eigenvalue weighted by Crippen LogP contribution is -2.43. The van der Waals surface area contributed by atoms with E-state index in [1.54, 1.807) is 0 Å². The van der Waals surface area contributed by atoms with Crippen LogP contribution in [0.1, 0.15) is 30.3 Å². The molecule has 2 rings (SSSR count). The van der Waals surface area contributed by atoms with Crippen molar-refractivity contribution in [3.8, 4) is 0 Å². The van der Waals surface area contributed by atoms with Crippen molar-refractivity contribution in [2.45, 2.75) is 24.9 Å². The summed E-state index contributed by atoms with van der Waals surface area (Å²) in [6, 6.07) is 2.64. The summed E-state index contributed by atoms with van der Waals surface area (Å²) < 4.78 is 31.7. The summed E-state index contributed by atoms with van der Waals surface area (Å²) in [5, 5.41) is -0.212. The third-order valence-corrected chi connectivity index (χ3v) is 5.14. The minimum atomic E-state index is -3.69. The molecule has 0 bridgehead atoms. The second-order valence-electron chi connectivity index (χ2n) is 5.71. The number of rotatable bonds is 5. The van der Waals surface area contributed by atoms with Gasteiger partial charge in [-0.05, 0) is 50.5 Å². The van der Waals surface area contributed by atoms with E-state index in [0.717, 1.165) is 25.9 Å². The average Bonchev–Trinajstić information content (AvgIpc) is 2.90. The lowest BCUT2D eigenvalue weighted by molar-refractivity contribution is 0.109. The van der Waals surface area contributed by atoms with Crippen LogP contribution in [0.25, 0.3) is 0 Å². The molecule has 1 saturated heterocycles. The van der Waals surface area contributed by atoms with Gasteiger partial charge in [0.2, 0.25) is 5.09 Å². The number of furan rings is 1. The van der Waals surface area contributed by atoms with Crippen molar-refractivity contribution in [2.24, 2.45) is 5.41 Å². The zero-order valence-corrected chi connectivity index (χ0v) is 12.6. The van der Waals surface area contributed by atoms with E-state index in [2.05, 4.69) is 23.6 Å². The Morgan fingerprint density at radius 1 is 1.40 bits per heavy atom. The Morgan fingerprint density at radius 3 is 2.60 bits per heavy atom. The molecule has 1 aromatic heterocycles. The number of nitrogens with one attached hydrogen (secondary N) is 1. The summed E-state index contributed by atoms with van der Waals surface area (Å²) in [4.78, 5) is 12.8. The van der Waals surface area contributed by atoms with Crippen LogP contribution in [0, 0.1) is 5.41 Å². The van der Waals surface area contributed by atoms with Crippen LogP contribution < -0.4 is 4.72 Å². The van der Waals surface area contributed by atoms with E-state index in [9.17, 15) is 13.2 Å². The maximum atomic E-state index is 12.1. The molecule has 1 N–H and O–H groups in total. The van der Waals surface area contributed by atoms with Gasteiger partial charge in [-0.25, -0.2) is 13.1 Å². The van der Waals surface area contributed by atoms with Crippen LogP contribution in [0.15, 0.2) is 21.6 Å². The van der Waals surface area contributed by atoms with Crippen molar-refractivity contribution in [1.82, 2.24) is 9.62 Å².